The molecule has 0 fully saturated rings. The number of amides is 2. The van der Waals surface area contributed by atoms with Crippen LogP contribution in [-0.4, -0.2) is 57.3 Å². The first-order chi connectivity index (χ1) is 16.2. The summed E-state index contributed by atoms with van der Waals surface area (Å²) >= 11 is 0. The Labute approximate surface area is 206 Å². The maximum Gasteiger partial charge on any atom is 0.333 e. The lowest BCUT2D eigenvalue weighted by Crippen LogP contribution is -2.40. The molecule has 0 heterocycles. The Balaban J connectivity index is 2.74. The van der Waals surface area contributed by atoms with E-state index >= 15 is 0 Å². The molecule has 1 aromatic rings. The average Bonchev–Trinajstić information content (AvgIpc) is 2.71. The zero-order valence-electron chi connectivity index (χ0n) is 21.4. The molecule has 2 N–H and O–H groups in total. The summed E-state index contributed by atoms with van der Waals surface area (Å²) in [5.74, 6) is -0.838. The van der Waals surface area contributed by atoms with Crippen molar-refractivity contribution >= 4 is 25.6 Å². The highest BCUT2D eigenvalue weighted by Crippen LogP contribution is 2.38. The summed E-state index contributed by atoms with van der Waals surface area (Å²) in [6.07, 6.45) is 0.110. The van der Waals surface area contributed by atoms with Gasteiger partial charge in [0.25, 0.3) is 7.82 Å². The van der Waals surface area contributed by atoms with E-state index in [4.69, 9.17) is 9.47 Å². The van der Waals surface area contributed by atoms with Gasteiger partial charge in [0.1, 0.15) is 11.8 Å². The van der Waals surface area contributed by atoms with Crippen molar-refractivity contribution in [2.24, 2.45) is 0 Å². The summed E-state index contributed by atoms with van der Waals surface area (Å²) in [5.41, 5.74) is 1.79. The molecule has 12 heteroatoms. The normalized spacial score (nSPS) is 14.1. The zero-order valence-corrected chi connectivity index (χ0v) is 22.3. The van der Waals surface area contributed by atoms with E-state index in [2.05, 4.69) is 19.7 Å². The second-order valence-electron chi connectivity index (χ2n) is 8.78. The van der Waals surface area contributed by atoms with Gasteiger partial charge in [0.15, 0.2) is 0 Å². The second kappa shape index (κ2) is 13.7. The van der Waals surface area contributed by atoms with Crippen molar-refractivity contribution in [3.05, 3.63) is 28.8 Å². The number of rotatable bonds is 14. The number of phosphoric ester groups is 1. The monoisotopic (exact) mass is 515 g/mol. The van der Waals surface area contributed by atoms with E-state index in [1.807, 2.05) is 33.8 Å². The molecule has 1 aromatic carbocycles. The third kappa shape index (κ3) is 10.9. The maximum atomic E-state index is 12.6. The molecule has 1 rings (SSSR count). The number of carbonyl (C=O) groups excluding carboxylic acids is 3. The average molecular weight is 516 g/mol. The van der Waals surface area contributed by atoms with Crippen LogP contribution in [0.1, 0.15) is 50.8 Å². The van der Waals surface area contributed by atoms with E-state index < -0.39 is 25.2 Å². The number of hydrogen-bond acceptors (Lipinski definition) is 9. The minimum absolute atomic E-state index is 0.0190. The van der Waals surface area contributed by atoms with Gasteiger partial charge < -0.3 is 34.0 Å². The molecule has 0 aromatic heterocycles. The highest BCUT2D eigenvalue weighted by atomic mass is 31.2. The summed E-state index contributed by atoms with van der Waals surface area (Å²) in [6, 6.07) is 2.86. The highest BCUT2D eigenvalue weighted by molar-refractivity contribution is 7.45. The number of benzene rings is 1. The largest absolute Gasteiger partial charge is 0.756 e. The fraction of sp³-hybridized carbons (Fsp3) is 0.609. The third-order valence-corrected chi connectivity index (χ3v) is 5.92. The van der Waals surface area contributed by atoms with Crippen LogP contribution in [0.3, 0.4) is 0 Å². The smallest absolute Gasteiger partial charge is 0.333 e. The molecular weight excluding hydrogens is 479 g/mol. The Kier molecular flexibility index (Phi) is 12.0. The lowest BCUT2D eigenvalue weighted by atomic mass is 9.78. The van der Waals surface area contributed by atoms with Crippen molar-refractivity contribution in [3.8, 4) is 5.75 Å². The molecule has 0 aliphatic rings. The zero-order chi connectivity index (χ0) is 26.8. The predicted octanol–water partition coefficient (Wildman–Crippen LogP) is 1.67. The molecule has 0 bridgehead atoms. The van der Waals surface area contributed by atoms with E-state index in [1.54, 1.807) is 6.07 Å². The fourth-order valence-electron chi connectivity index (χ4n) is 3.61. The van der Waals surface area contributed by atoms with Crippen molar-refractivity contribution in [2.45, 2.75) is 59.4 Å². The lowest BCUT2D eigenvalue weighted by Gasteiger charge is -2.29. The quantitative estimate of drug-likeness (QED) is 0.163. The number of ether oxygens (including phenoxy) is 2. The van der Waals surface area contributed by atoms with Crippen molar-refractivity contribution in [3.63, 3.8) is 0 Å². The fourth-order valence-corrected chi connectivity index (χ4v) is 4.02. The lowest BCUT2D eigenvalue weighted by molar-refractivity contribution is -0.223. The van der Waals surface area contributed by atoms with Gasteiger partial charge in [-0.3, -0.25) is 14.2 Å². The molecule has 198 valence electrons. The van der Waals surface area contributed by atoms with Gasteiger partial charge in [-0.15, -0.1) is 0 Å². The Hall–Kier alpha value is -2.30. The number of aryl methyl sites for hydroxylation is 2. The molecule has 0 aliphatic heterocycles. The molecule has 2 unspecified atom stereocenters. The van der Waals surface area contributed by atoms with Crippen molar-refractivity contribution in [2.75, 3.05) is 33.5 Å². The van der Waals surface area contributed by atoms with Crippen LogP contribution in [0, 0.1) is 13.8 Å². The third-order valence-electron chi connectivity index (χ3n) is 4.98. The Morgan fingerprint density at radius 3 is 2.40 bits per heavy atom. The standard InChI is InChI=1S/C23H37N2O9P/c1-15-12-16(2)21(19(13-15)34-22(28)17(3)25-18(4)26)23(5,6)14-20(27)24-8-9-32-10-11-33-35(29,30)31-7/h12-13,17H,8-11,14H2,1-7H3,(H,24,27)(H,25,26)(H,29,30)/p-1. The molecule has 0 radical (unpaired) electrons. The van der Waals surface area contributed by atoms with Crippen molar-refractivity contribution < 1.29 is 42.4 Å². The maximum absolute atomic E-state index is 12.6. The van der Waals surface area contributed by atoms with Gasteiger partial charge in [-0.1, -0.05) is 19.9 Å². The van der Waals surface area contributed by atoms with Crippen LogP contribution in [-0.2, 0) is 38.1 Å². The van der Waals surface area contributed by atoms with Crippen LogP contribution in [0.25, 0.3) is 0 Å². The first kappa shape index (κ1) is 30.7. The van der Waals surface area contributed by atoms with Crippen LogP contribution in [0.15, 0.2) is 12.1 Å². The molecule has 0 spiro atoms. The van der Waals surface area contributed by atoms with Crippen molar-refractivity contribution in [1.82, 2.24) is 10.6 Å². The molecule has 0 aliphatic carbocycles. The number of esters is 1. The Morgan fingerprint density at radius 1 is 1.14 bits per heavy atom. The summed E-state index contributed by atoms with van der Waals surface area (Å²) in [5, 5.41) is 5.26. The predicted molar refractivity (Wildman–Crippen MR) is 127 cm³/mol. The van der Waals surface area contributed by atoms with Gasteiger partial charge in [-0.2, -0.15) is 0 Å². The van der Waals surface area contributed by atoms with Crippen LogP contribution in [0.5, 0.6) is 5.75 Å². The summed E-state index contributed by atoms with van der Waals surface area (Å²) in [6.45, 7) is 10.6. The summed E-state index contributed by atoms with van der Waals surface area (Å²) in [4.78, 5) is 47.4. The molecule has 2 atom stereocenters. The highest BCUT2D eigenvalue weighted by Gasteiger charge is 2.31. The molecular formula is C23H36N2O9P-. The van der Waals surface area contributed by atoms with Gasteiger partial charge >= 0.3 is 5.97 Å². The van der Waals surface area contributed by atoms with Crippen LogP contribution < -0.4 is 20.3 Å². The van der Waals surface area contributed by atoms with E-state index in [0.717, 1.165) is 23.8 Å². The minimum atomic E-state index is -4.28. The van der Waals surface area contributed by atoms with Gasteiger partial charge in [0.2, 0.25) is 11.8 Å². The molecule has 11 nitrogen and oxygen atoms in total. The summed E-state index contributed by atoms with van der Waals surface area (Å²) < 4.78 is 30.6. The molecule has 2 amide bonds. The van der Waals surface area contributed by atoms with E-state index in [0.29, 0.717) is 5.75 Å². The molecule has 35 heavy (non-hydrogen) atoms. The number of hydrogen-bond donors (Lipinski definition) is 2. The summed E-state index contributed by atoms with van der Waals surface area (Å²) in [7, 11) is -3.28. The molecule has 0 saturated heterocycles. The first-order valence-corrected chi connectivity index (χ1v) is 12.6. The first-order valence-electron chi connectivity index (χ1n) is 11.1. The topological polar surface area (TPSA) is 152 Å². The van der Waals surface area contributed by atoms with E-state index in [1.165, 1.54) is 13.8 Å². The van der Waals surface area contributed by atoms with Crippen LogP contribution in [0.2, 0.25) is 0 Å². The SMILES string of the molecule is COP(=O)([O-])OCCOCCNC(=O)CC(C)(C)c1c(C)cc(C)cc1OC(=O)C(C)NC(C)=O. The van der Waals surface area contributed by atoms with Gasteiger partial charge in [-0.05, 0) is 38.0 Å². The Bertz CT molecular complexity index is 949. The number of phosphoric acid groups is 1. The molecule has 0 saturated carbocycles. The number of carbonyl (C=O) groups is 3. The second-order valence-corrected chi connectivity index (χ2v) is 10.3. The minimum Gasteiger partial charge on any atom is -0.756 e. The van der Waals surface area contributed by atoms with Gasteiger partial charge in [0, 0.05) is 38.0 Å². The van der Waals surface area contributed by atoms with Gasteiger partial charge in [-0.25, -0.2) is 4.79 Å². The van der Waals surface area contributed by atoms with Crippen molar-refractivity contribution in [1.29, 1.82) is 0 Å². The van der Waals surface area contributed by atoms with Gasteiger partial charge in [0.05, 0.1) is 19.8 Å². The van der Waals surface area contributed by atoms with Crippen LogP contribution in [0.4, 0.5) is 0 Å². The Morgan fingerprint density at radius 2 is 1.80 bits per heavy atom. The van der Waals surface area contributed by atoms with Crippen LogP contribution >= 0.6 is 7.82 Å². The van der Waals surface area contributed by atoms with E-state index in [-0.39, 0.29) is 44.6 Å². The van der Waals surface area contributed by atoms with E-state index in [9.17, 15) is 23.8 Å². The number of nitrogens with one attached hydrogen (secondary N) is 2.